The average molecular weight is 220 g/mol. The first-order chi connectivity index (χ1) is 7.76. The number of nitrogens with zero attached hydrogens (tertiary/aromatic N) is 1. The van der Waals surface area contributed by atoms with Crippen LogP contribution in [0.15, 0.2) is 35.4 Å². The van der Waals surface area contributed by atoms with Crippen LogP contribution in [0.5, 0.6) is 11.5 Å². The number of H-pyrrole nitrogens is 1. The smallest absolute Gasteiger partial charge is 0.330 e. The van der Waals surface area contributed by atoms with E-state index in [-0.39, 0.29) is 5.69 Å². The Morgan fingerprint density at radius 1 is 1.25 bits per heavy atom. The fourth-order valence-corrected chi connectivity index (χ4v) is 1.49. The first-order valence-corrected chi connectivity index (χ1v) is 4.74. The third-order valence-corrected chi connectivity index (χ3v) is 2.30. The van der Waals surface area contributed by atoms with E-state index in [1.54, 1.807) is 44.8 Å². The van der Waals surface area contributed by atoms with E-state index in [1.807, 2.05) is 0 Å². The van der Waals surface area contributed by atoms with E-state index in [1.165, 1.54) is 4.57 Å². The van der Waals surface area contributed by atoms with Crippen molar-refractivity contribution in [1.82, 2.24) is 9.55 Å². The monoisotopic (exact) mass is 220 g/mol. The van der Waals surface area contributed by atoms with Gasteiger partial charge in [0, 0.05) is 18.5 Å². The number of methoxy groups -OCH3 is 2. The molecule has 84 valence electrons. The molecule has 0 spiro atoms. The van der Waals surface area contributed by atoms with Crippen LogP contribution in [-0.4, -0.2) is 23.8 Å². The van der Waals surface area contributed by atoms with Crippen LogP contribution in [-0.2, 0) is 0 Å². The minimum Gasteiger partial charge on any atom is -0.497 e. The molecule has 1 aromatic heterocycles. The molecule has 1 aromatic carbocycles. The highest BCUT2D eigenvalue weighted by molar-refractivity contribution is 5.50. The number of aromatic nitrogens is 2. The Balaban J connectivity index is 2.57. The summed E-state index contributed by atoms with van der Waals surface area (Å²) in [6.07, 6.45) is 3.22. The van der Waals surface area contributed by atoms with Crippen molar-refractivity contribution < 1.29 is 9.47 Å². The van der Waals surface area contributed by atoms with Crippen LogP contribution in [0.2, 0.25) is 0 Å². The van der Waals surface area contributed by atoms with Crippen molar-refractivity contribution in [3.8, 4) is 17.2 Å². The summed E-state index contributed by atoms with van der Waals surface area (Å²) >= 11 is 0. The number of nitrogens with one attached hydrogen (secondary N) is 1. The number of imidazole rings is 1. The lowest BCUT2D eigenvalue weighted by atomic mass is 10.2. The molecule has 5 nitrogen and oxygen atoms in total. The molecule has 0 bridgehead atoms. The zero-order valence-electron chi connectivity index (χ0n) is 9.06. The summed E-state index contributed by atoms with van der Waals surface area (Å²) in [5, 5.41) is 0. The topological polar surface area (TPSA) is 56.2 Å². The second-order valence-electron chi connectivity index (χ2n) is 3.17. The number of ether oxygens (including phenoxy) is 2. The van der Waals surface area contributed by atoms with Crippen molar-refractivity contribution in [2.75, 3.05) is 14.2 Å². The van der Waals surface area contributed by atoms with Gasteiger partial charge in [0.25, 0.3) is 0 Å². The molecule has 2 rings (SSSR count). The lowest BCUT2D eigenvalue weighted by Gasteiger charge is -2.09. The number of hydrogen-bond acceptors (Lipinski definition) is 3. The molecule has 0 atom stereocenters. The van der Waals surface area contributed by atoms with Gasteiger partial charge < -0.3 is 14.5 Å². The van der Waals surface area contributed by atoms with Crippen molar-refractivity contribution >= 4 is 0 Å². The molecule has 0 aliphatic carbocycles. The Bertz CT molecular complexity index is 542. The molecule has 1 N–H and O–H groups in total. The number of rotatable bonds is 3. The third kappa shape index (κ3) is 1.67. The zero-order valence-corrected chi connectivity index (χ0v) is 9.06. The Labute approximate surface area is 92.2 Å². The molecule has 0 saturated heterocycles. The normalized spacial score (nSPS) is 10.1. The van der Waals surface area contributed by atoms with Gasteiger partial charge in [0.05, 0.1) is 19.9 Å². The predicted molar refractivity (Wildman–Crippen MR) is 59.5 cm³/mol. The maximum Gasteiger partial charge on any atom is 0.330 e. The molecule has 0 fully saturated rings. The van der Waals surface area contributed by atoms with Gasteiger partial charge in [-0.1, -0.05) is 0 Å². The molecule has 0 aliphatic heterocycles. The fraction of sp³-hybridized carbons (Fsp3) is 0.182. The first kappa shape index (κ1) is 10.4. The van der Waals surface area contributed by atoms with Crippen molar-refractivity contribution in [2.45, 2.75) is 0 Å². The molecule has 0 radical (unpaired) electrons. The van der Waals surface area contributed by atoms with E-state index in [2.05, 4.69) is 4.98 Å². The van der Waals surface area contributed by atoms with Crippen molar-refractivity contribution in [2.24, 2.45) is 0 Å². The van der Waals surface area contributed by atoms with Gasteiger partial charge in [-0.05, 0) is 12.1 Å². The van der Waals surface area contributed by atoms with E-state index < -0.39 is 0 Å². The van der Waals surface area contributed by atoms with Gasteiger partial charge in [-0.15, -0.1) is 0 Å². The van der Waals surface area contributed by atoms with Crippen LogP contribution in [0.4, 0.5) is 0 Å². The van der Waals surface area contributed by atoms with E-state index in [9.17, 15) is 4.79 Å². The molecular formula is C11H12N2O3. The molecule has 0 unspecified atom stereocenters. The van der Waals surface area contributed by atoms with Crippen LogP contribution in [0.1, 0.15) is 0 Å². The standard InChI is InChI=1S/C11H12N2O3/c1-15-8-3-4-9(10(7-8)16-2)13-6-5-12-11(13)14/h3-7H,1-2H3,(H,12,14). The average Bonchev–Trinajstić information content (AvgIpc) is 2.74. The molecule has 0 aliphatic rings. The molecule has 0 saturated carbocycles. The maximum atomic E-state index is 11.5. The Kier molecular flexibility index (Phi) is 2.68. The van der Waals surface area contributed by atoms with E-state index in [4.69, 9.17) is 9.47 Å². The van der Waals surface area contributed by atoms with E-state index in [0.29, 0.717) is 17.2 Å². The molecule has 0 amide bonds. The molecule has 1 heterocycles. The predicted octanol–water partition coefficient (Wildman–Crippen LogP) is 1.18. The van der Waals surface area contributed by atoms with Crippen molar-refractivity contribution in [1.29, 1.82) is 0 Å². The quantitative estimate of drug-likeness (QED) is 0.845. The third-order valence-electron chi connectivity index (χ3n) is 2.30. The maximum absolute atomic E-state index is 11.5. The summed E-state index contributed by atoms with van der Waals surface area (Å²) in [6, 6.07) is 5.28. The van der Waals surface area contributed by atoms with Gasteiger partial charge in [-0.2, -0.15) is 0 Å². The van der Waals surface area contributed by atoms with Gasteiger partial charge in [0.1, 0.15) is 11.5 Å². The van der Waals surface area contributed by atoms with Gasteiger partial charge >= 0.3 is 5.69 Å². The van der Waals surface area contributed by atoms with Crippen LogP contribution in [0.25, 0.3) is 5.69 Å². The van der Waals surface area contributed by atoms with E-state index in [0.717, 1.165) is 0 Å². The van der Waals surface area contributed by atoms with Gasteiger partial charge in [0.15, 0.2) is 0 Å². The summed E-state index contributed by atoms with van der Waals surface area (Å²) in [5.41, 5.74) is 0.470. The minimum atomic E-state index is -0.205. The largest absolute Gasteiger partial charge is 0.497 e. The number of benzene rings is 1. The Morgan fingerprint density at radius 2 is 2.06 bits per heavy atom. The van der Waals surface area contributed by atoms with Gasteiger partial charge in [-0.3, -0.25) is 4.57 Å². The van der Waals surface area contributed by atoms with E-state index >= 15 is 0 Å². The lowest BCUT2D eigenvalue weighted by Crippen LogP contribution is -2.14. The Morgan fingerprint density at radius 3 is 2.62 bits per heavy atom. The number of hydrogen-bond donors (Lipinski definition) is 1. The summed E-state index contributed by atoms with van der Waals surface area (Å²) in [4.78, 5) is 14.0. The molecule has 2 aromatic rings. The lowest BCUT2D eigenvalue weighted by molar-refractivity contribution is 0.393. The highest BCUT2D eigenvalue weighted by Crippen LogP contribution is 2.26. The summed E-state index contributed by atoms with van der Waals surface area (Å²) in [6.45, 7) is 0. The highest BCUT2D eigenvalue weighted by Gasteiger charge is 2.08. The SMILES string of the molecule is COc1ccc(-n2cc[nH]c2=O)c(OC)c1. The minimum absolute atomic E-state index is 0.205. The zero-order chi connectivity index (χ0) is 11.5. The first-order valence-electron chi connectivity index (χ1n) is 4.74. The van der Waals surface area contributed by atoms with Crippen LogP contribution < -0.4 is 15.2 Å². The fourth-order valence-electron chi connectivity index (χ4n) is 1.49. The Hall–Kier alpha value is -2.17. The second-order valence-corrected chi connectivity index (χ2v) is 3.17. The molecule has 16 heavy (non-hydrogen) atoms. The van der Waals surface area contributed by atoms with Crippen LogP contribution in [0, 0.1) is 0 Å². The van der Waals surface area contributed by atoms with Gasteiger partial charge in [0.2, 0.25) is 0 Å². The van der Waals surface area contributed by atoms with Crippen molar-refractivity contribution in [3.05, 3.63) is 41.1 Å². The van der Waals surface area contributed by atoms with Crippen LogP contribution in [0.3, 0.4) is 0 Å². The summed E-state index contributed by atoms with van der Waals surface area (Å²) < 4.78 is 11.8. The summed E-state index contributed by atoms with van der Waals surface area (Å²) in [7, 11) is 3.13. The van der Waals surface area contributed by atoms with Crippen molar-refractivity contribution in [3.63, 3.8) is 0 Å². The van der Waals surface area contributed by atoms with Crippen LogP contribution >= 0.6 is 0 Å². The van der Waals surface area contributed by atoms with Gasteiger partial charge in [-0.25, -0.2) is 4.79 Å². The molecule has 5 heteroatoms. The summed E-state index contributed by atoms with van der Waals surface area (Å²) in [5.74, 6) is 1.27. The second kappa shape index (κ2) is 4.14. The highest BCUT2D eigenvalue weighted by atomic mass is 16.5. The number of aromatic amines is 1. The molecular weight excluding hydrogens is 208 g/mol.